The maximum absolute atomic E-state index is 11.4. The minimum absolute atomic E-state index is 0.0202. The molecule has 6 heteroatoms. The predicted molar refractivity (Wildman–Crippen MR) is 56.6 cm³/mol. The Balaban J connectivity index is 2.39. The summed E-state index contributed by atoms with van der Waals surface area (Å²) >= 11 is 0. The van der Waals surface area contributed by atoms with Crippen molar-refractivity contribution in [1.82, 2.24) is 4.90 Å². The number of rotatable bonds is 6. The van der Waals surface area contributed by atoms with E-state index < -0.39 is 0 Å². The SMILES string of the molecule is CCOC(CN)CCN1C(=O)COCC1=O. The summed E-state index contributed by atoms with van der Waals surface area (Å²) in [7, 11) is 0. The highest BCUT2D eigenvalue weighted by Crippen LogP contribution is 2.05. The van der Waals surface area contributed by atoms with Crippen molar-refractivity contribution in [3.63, 3.8) is 0 Å². The molecule has 1 rings (SSSR count). The number of carbonyl (C=O) groups excluding carboxylic acids is 2. The molecule has 0 saturated carbocycles. The molecule has 0 aromatic heterocycles. The summed E-state index contributed by atoms with van der Waals surface area (Å²) in [4.78, 5) is 24.0. The quantitative estimate of drug-likeness (QED) is 0.599. The molecule has 0 bridgehead atoms. The monoisotopic (exact) mass is 230 g/mol. The molecule has 2 amide bonds. The highest BCUT2D eigenvalue weighted by atomic mass is 16.5. The van der Waals surface area contributed by atoms with Gasteiger partial charge in [-0.1, -0.05) is 0 Å². The second-order valence-electron chi connectivity index (χ2n) is 3.53. The number of carbonyl (C=O) groups is 2. The van der Waals surface area contributed by atoms with Gasteiger partial charge in [0.2, 0.25) is 0 Å². The average molecular weight is 230 g/mol. The lowest BCUT2D eigenvalue weighted by molar-refractivity contribution is -0.158. The van der Waals surface area contributed by atoms with Gasteiger partial charge in [-0.25, -0.2) is 0 Å². The van der Waals surface area contributed by atoms with Gasteiger partial charge in [0.15, 0.2) is 0 Å². The molecule has 0 spiro atoms. The lowest BCUT2D eigenvalue weighted by Gasteiger charge is -2.26. The second kappa shape index (κ2) is 6.57. The molecule has 1 unspecified atom stereocenters. The lowest BCUT2D eigenvalue weighted by atomic mass is 10.2. The van der Waals surface area contributed by atoms with E-state index in [4.69, 9.17) is 15.2 Å². The lowest BCUT2D eigenvalue weighted by Crippen LogP contribution is -2.47. The summed E-state index contributed by atoms with van der Waals surface area (Å²) in [5.41, 5.74) is 5.51. The number of amides is 2. The summed E-state index contributed by atoms with van der Waals surface area (Å²) in [6.07, 6.45) is 0.468. The van der Waals surface area contributed by atoms with Crippen LogP contribution in [-0.2, 0) is 19.1 Å². The predicted octanol–water partition coefficient (Wildman–Crippen LogP) is -0.874. The van der Waals surface area contributed by atoms with Crippen molar-refractivity contribution in [2.24, 2.45) is 5.73 Å². The Bertz CT molecular complexity index is 241. The summed E-state index contributed by atoms with van der Waals surface area (Å²) in [5, 5.41) is 0. The summed E-state index contributed by atoms with van der Waals surface area (Å²) in [6, 6.07) is 0. The van der Waals surface area contributed by atoms with E-state index in [1.165, 1.54) is 4.90 Å². The van der Waals surface area contributed by atoms with Crippen LogP contribution in [0.1, 0.15) is 13.3 Å². The van der Waals surface area contributed by atoms with E-state index in [2.05, 4.69) is 0 Å². The van der Waals surface area contributed by atoms with E-state index in [1.54, 1.807) is 0 Å². The molecule has 0 radical (unpaired) electrons. The van der Waals surface area contributed by atoms with Crippen LogP contribution >= 0.6 is 0 Å². The maximum Gasteiger partial charge on any atom is 0.255 e. The van der Waals surface area contributed by atoms with Crippen LogP contribution in [0, 0.1) is 0 Å². The first kappa shape index (κ1) is 13.1. The first-order chi connectivity index (χ1) is 7.69. The number of ether oxygens (including phenoxy) is 2. The Kier molecular flexibility index (Phi) is 5.37. The highest BCUT2D eigenvalue weighted by Gasteiger charge is 2.26. The van der Waals surface area contributed by atoms with Crippen molar-refractivity contribution < 1.29 is 19.1 Å². The smallest absolute Gasteiger partial charge is 0.255 e. The Morgan fingerprint density at radius 2 is 2.06 bits per heavy atom. The van der Waals surface area contributed by atoms with Crippen molar-refractivity contribution in [2.45, 2.75) is 19.4 Å². The van der Waals surface area contributed by atoms with Gasteiger partial charge < -0.3 is 15.2 Å². The minimum atomic E-state index is -0.288. The van der Waals surface area contributed by atoms with Gasteiger partial charge in [0, 0.05) is 19.7 Å². The molecule has 0 aromatic carbocycles. The standard InChI is InChI=1S/C10H18N2O4/c1-2-16-8(5-11)3-4-12-9(13)6-15-7-10(12)14/h8H,2-7,11H2,1H3. The molecule has 0 aromatic rings. The first-order valence-corrected chi connectivity index (χ1v) is 5.41. The Labute approximate surface area is 94.7 Å². The van der Waals surface area contributed by atoms with Crippen LogP contribution in [0.5, 0.6) is 0 Å². The largest absolute Gasteiger partial charge is 0.377 e. The van der Waals surface area contributed by atoms with Gasteiger partial charge in [-0.2, -0.15) is 0 Å². The van der Waals surface area contributed by atoms with Gasteiger partial charge in [-0.15, -0.1) is 0 Å². The summed E-state index contributed by atoms with van der Waals surface area (Å²) in [5.74, 6) is -0.577. The summed E-state index contributed by atoms with van der Waals surface area (Å²) < 4.78 is 10.2. The topological polar surface area (TPSA) is 81.9 Å². The fraction of sp³-hybridized carbons (Fsp3) is 0.800. The van der Waals surface area contributed by atoms with Crippen LogP contribution in [0.4, 0.5) is 0 Å². The van der Waals surface area contributed by atoms with Crippen LogP contribution in [0.15, 0.2) is 0 Å². The molecule has 1 aliphatic rings. The zero-order chi connectivity index (χ0) is 12.0. The normalized spacial score (nSPS) is 19.0. The third kappa shape index (κ3) is 3.55. The molecular formula is C10H18N2O4. The Hall–Kier alpha value is -0.980. The molecule has 1 aliphatic heterocycles. The fourth-order valence-electron chi connectivity index (χ4n) is 1.55. The van der Waals surface area contributed by atoms with E-state index >= 15 is 0 Å². The zero-order valence-electron chi connectivity index (χ0n) is 9.48. The number of nitrogens with two attached hydrogens (primary N) is 1. The van der Waals surface area contributed by atoms with Crippen LogP contribution < -0.4 is 5.73 Å². The van der Waals surface area contributed by atoms with Gasteiger partial charge in [0.25, 0.3) is 11.8 Å². The van der Waals surface area contributed by atoms with Crippen LogP contribution in [-0.4, -0.2) is 55.7 Å². The van der Waals surface area contributed by atoms with Gasteiger partial charge >= 0.3 is 0 Å². The zero-order valence-corrected chi connectivity index (χ0v) is 9.48. The third-order valence-corrected chi connectivity index (χ3v) is 2.39. The van der Waals surface area contributed by atoms with Gasteiger partial charge in [0.05, 0.1) is 6.10 Å². The van der Waals surface area contributed by atoms with Crippen LogP contribution in [0.25, 0.3) is 0 Å². The van der Waals surface area contributed by atoms with Crippen molar-refractivity contribution in [3.05, 3.63) is 0 Å². The molecule has 1 fully saturated rings. The highest BCUT2D eigenvalue weighted by molar-refractivity contribution is 5.98. The van der Waals surface area contributed by atoms with Crippen LogP contribution in [0.3, 0.4) is 0 Å². The molecule has 1 atom stereocenters. The molecule has 2 N–H and O–H groups in total. The fourth-order valence-corrected chi connectivity index (χ4v) is 1.55. The average Bonchev–Trinajstić information content (AvgIpc) is 2.27. The molecule has 6 nitrogen and oxygen atoms in total. The summed E-state index contributed by atoms with van der Waals surface area (Å²) in [6.45, 7) is 3.16. The number of imide groups is 1. The minimum Gasteiger partial charge on any atom is -0.377 e. The molecule has 16 heavy (non-hydrogen) atoms. The number of hydrogen-bond donors (Lipinski definition) is 1. The van der Waals surface area contributed by atoms with Gasteiger partial charge in [-0.3, -0.25) is 14.5 Å². The molecule has 92 valence electrons. The molecule has 0 aliphatic carbocycles. The number of hydrogen-bond acceptors (Lipinski definition) is 5. The van der Waals surface area contributed by atoms with Crippen LogP contribution in [0.2, 0.25) is 0 Å². The number of morpholine rings is 1. The van der Waals surface area contributed by atoms with Gasteiger partial charge in [-0.05, 0) is 13.3 Å². The van der Waals surface area contributed by atoms with E-state index in [0.29, 0.717) is 26.1 Å². The Morgan fingerprint density at radius 1 is 1.44 bits per heavy atom. The van der Waals surface area contributed by atoms with Crippen molar-refractivity contribution in [2.75, 3.05) is 32.9 Å². The van der Waals surface area contributed by atoms with E-state index in [1.807, 2.05) is 6.92 Å². The Morgan fingerprint density at radius 3 is 2.56 bits per heavy atom. The maximum atomic E-state index is 11.4. The third-order valence-electron chi connectivity index (χ3n) is 2.39. The van der Waals surface area contributed by atoms with Crippen molar-refractivity contribution in [3.8, 4) is 0 Å². The second-order valence-corrected chi connectivity index (χ2v) is 3.53. The molecular weight excluding hydrogens is 212 g/mol. The molecule has 1 saturated heterocycles. The van der Waals surface area contributed by atoms with Gasteiger partial charge in [0.1, 0.15) is 13.2 Å². The first-order valence-electron chi connectivity index (χ1n) is 5.41. The van der Waals surface area contributed by atoms with E-state index in [9.17, 15) is 9.59 Å². The van der Waals surface area contributed by atoms with E-state index in [-0.39, 0.29) is 31.1 Å². The van der Waals surface area contributed by atoms with Crippen molar-refractivity contribution >= 4 is 11.8 Å². The molecule has 1 heterocycles. The number of nitrogens with zero attached hydrogens (tertiary/aromatic N) is 1. The van der Waals surface area contributed by atoms with Crippen molar-refractivity contribution in [1.29, 1.82) is 0 Å². The van der Waals surface area contributed by atoms with E-state index in [0.717, 1.165) is 0 Å².